The molecule has 38 heavy (non-hydrogen) atoms. The molecule has 7 aromatic rings. The van der Waals surface area contributed by atoms with Gasteiger partial charge in [-0.3, -0.25) is 9.97 Å². The molecule has 0 saturated heterocycles. The summed E-state index contributed by atoms with van der Waals surface area (Å²) >= 11 is 0. The van der Waals surface area contributed by atoms with Crippen molar-refractivity contribution < 1.29 is 0 Å². The average molecular weight is 495 g/mol. The fourth-order valence-electron chi connectivity index (χ4n) is 6.13. The molecule has 184 valence electrons. The molecule has 0 bridgehead atoms. The number of rotatable bonds is 2. The highest BCUT2D eigenvalue weighted by molar-refractivity contribution is 6.21. The van der Waals surface area contributed by atoms with Gasteiger partial charge in [-0.1, -0.05) is 50.2 Å². The van der Waals surface area contributed by atoms with Crippen LogP contribution in [0.3, 0.4) is 0 Å². The molecule has 0 fully saturated rings. The minimum Gasteiger partial charge on any atom is -0.342 e. The predicted molar refractivity (Wildman–Crippen MR) is 153 cm³/mol. The van der Waals surface area contributed by atoms with Crippen LogP contribution in [0.15, 0.2) is 60.9 Å². The van der Waals surface area contributed by atoms with Gasteiger partial charge in [-0.2, -0.15) is 0 Å². The van der Waals surface area contributed by atoms with E-state index in [1.54, 1.807) is 12.4 Å². The van der Waals surface area contributed by atoms with Gasteiger partial charge in [0.2, 0.25) is 0 Å². The molecule has 6 nitrogen and oxygen atoms in total. The van der Waals surface area contributed by atoms with Crippen LogP contribution in [-0.4, -0.2) is 29.9 Å². The molecule has 6 heteroatoms. The van der Waals surface area contributed by atoms with E-state index in [1.165, 1.54) is 33.4 Å². The van der Waals surface area contributed by atoms with Crippen molar-refractivity contribution in [2.75, 3.05) is 0 Å². The van der Waals surface area contributed by atoms with E-state index in [9.17, 15) is 0 Å². The topological polar surface area (TPSA) is 83.1 Å². The summed E-state index contributed by atoms with van der Waals surface area (Å²) < 4.78 is 0. The largest absolute Gasteiger partial charge is 0.342 e. The fraction of sp³-hybridized carbons (Fsp3) is 0.188. The van der Waals surface area contributed by atoms with Gasteiger partial charge in [0, 0.05) is 29.1 Å². The zero-order chi connectivity index (χ0) is 25.5. The van der Waals surface area contributed by atoms with Crippen molar-refractivity contribution >= 4 is 43.9 Å². The van der Waals surface area contributed by atoms with Crippen molar-refractivity contribution in [3.05, 3.63) is 83.7 Å². The van der Waals surface area contributed by atoms with E-state index >= 15 is 0 Å². The number of aromatic nitrogens is 6. The van der Waals surface area contributed by atoms with Gasteiger partial charge >= 0.3 is 0 Å². The SMILES string of the molecule is Cc1nc2c3ccc(-c4ccc5c(c4)CCc4c-5ccc5[nH]c(C(C)C)nc45)cc3c3nccnc3c2[nH]1. The van der Waals surface area contributed by atoms with Crippen LogP contribution in [0.25, 0.3) is 66.1 Å². The molecule has 0 spiro atoms. The van der Waals surface area contributed by atoms with Crippen molar-refractivity contribution in [2.45, 2.75) is 39.5 Å². The number of hydrogen-bond donors (Lipinski definition) is 2. The first-order valence-electron chi connectivity index (χ1n) is 13.2. The molecule has 1 aliphatic rings. The van der Waals surface area contributed by atoms with Gasteiger partial charge < -0.3 is 9.97 Å². The number of hydrogen-bond acceptors (Lipinski definition) is 4. The molecular weight excluding hydrogens is 468 g/mol. The first-order chi connectivity index (χ1) is 18.5. The zero-order valence-corrected chi connectivity index (χ0v) is 21.6. The van der Waals surface area contributed by atoms with Gasteiger partial charge in [-0.25, -0.2) is 9.97 Å². The smallest absolute Gasteiger partial charge is 0.115 e. The van der Waals surface area contributed by atoms with Gasteiger partial charge in [0.1, 0.15) is 17.2 Å². The van der Waals surface area contributed by atoms with Crippen LogP contribution < -0.4 is 0 Å². The molecule has 0 unspecified atom stereocenters. The molecule has 4 aromatic carbocycles. The second-order valence-corrected chi connectivity index (χ2v) is 10.7. The van der Waals surface area contributed by atoms with Crippen molar-refractivity contribution in [1.29, 1.82) is 0 Å². The van der Waals surface area contributed by atoms with Crippen LogP contribution >= 0.6 is 0 Å². The maximum absolute atomic E-state index is 4.97. The van der Waals surface area contributed by atoms with Crippen molar-refractivity contribution in [1.82, 2.24) is 29.9 Å². The van der Waals surface area contributed by atoms with Crippen molar-refractivity contribution in [3.63, 3.8) is 0 Å². The van der Waals surface area contributed by atoms with Crippen LogP contribution in [0.1, 0.15) is 42.5 Å². The molecule has 1 aliphatic carbocycles. The van der Waals surface area contributed by atoms with E-state index in [0.717, 1.165) is 68.4 Å². The number of aryl methyl sites for hydroxylation is 3. The first-order valence-corrected chi connectivity index (χ1v) is 13.2. The zero-order valence-electron chi connectivity index (χ0n) is 21.6. The van der Waals surface area contributed by atoms with E-state index in [4.69, 9.17) is 15.0 Å². The molecule has 0 amide bonds. The number of nitrogens with one attached hydrogen (secondary N) is 2. The van der Waals surface area contributed by atoms with Crippen molar-refractivity contribution in [3.8, 4) is 22.3 Å². The third-order valence-corrected chi connectivity index (χ3v) is 7.98. The second-order valence-electron chi connectivity index (χ2n) is 10.7. The molecule has 8 rings (SSSR count). The van der Waals surface area contributed by atoms with Gasteiger partial charge in [-0.05, 0) is 65.3 Å². The average Bonchev–Trinajstić information content (AvgIpc) is 3.56. The number of benzene rings is 4. The summed E-state index contributed by atoms with van der Waals surface area (Å²) in [4.78, 5) is 26.0. The lowest BCUT2D eigenvalue weighted by Crippen LogP contribution is -2.05. The van der Waals surface area contributed by atoms with Crippen LogP contribution in [0.5, 0.6) is 0 Å². The Morgan fingerprint density at radius 3 is 2.37 bits per heavy atom. The maximum atomic E-state index is 4.97. The Balaban J connectivity index is 1.28. The molecule has 0 radical (unpaired) electrons. The molecule has 0 atom stereocenters. The van der Waals surface area contributed by atoms with Crippen LogP contribution in [0.4, 0.5) is 0 Å². The summed E-state index contributed by atoms with van der Waals surface area (Å²) in [5, 5.41) is 2.17. The summed E-state index contributed by atoms with van der Waals surface area (Å²) in [5.74, 6) is 2.33. The molecule has 3 aromatic heterocycles. The highest BCUT2D eigenvalue weighted by atomic mass is 14.9. The Morgan fingerprint density at radius 1 is 0.711 bits per heavy atom. The Kier molecular flexibility index (Phi) is 4.36. The highest BCUT2D eigenvalue weighted by Crippen LogP contribution is 2.40. The molecule has 3 heterocycles. The number of aromatic amines is 2. The fourth-order valence-corrected chi connectivity index (χ4v) is 6.13. The van der Waals surface area contributed by atoms with E-state index in [-0.39, 0.29) is 0 Å². The third kappa shape index (κ3) is 3.00. The number of fused-ring (bicyclic) bond motifs is 11. The summed E-state index contributed by atoms with van der Waals surface area (Å²) in [6.45, 7) is 6.34. The van der Waals surface area contributed by atoms with Gasteiger partial charge in [0.05, 0.1) is 27.6 Å². The Bertz CT molecular complexity index is 2080. The van der Waals surface area contributed by atoms with Gasteiger partial charge in [-0.15, -0.1) is 0 Å². The second kappa shape index (κ2) is 7.71. The summed E-state index contributed by atoms with van der Waals surface area (Å²) in [6.07, 6.45) is 5.52. The minimum atomic E-state index is 0.384. The lowest BCUT2D eigenvalue weighted by molar-refractivity contribution is 0.798. The quantitative estimate of drug-likeness (QED) is 0.245. The van der Waals surface area contributed by atoms with Crippen molar-refractivity contribution in [2.24, 2.45) is 0 Å². The molecule has 0 aliphatic heterocycles. The number of H-pyrrole nitrogens is 2. The molecule has 2 N–H and O–H groups in total. The summed E-state index contributed by atoms with van der Waals surface area (Å²) in [7, 11) is 0. The van der Waals surface area contributed by atoms with Gasteiger partial charge in [0.25, 0.3) is 0 Å². The minimum absolute atomic E-state index is 0.384. The maximum Gasteiger partial charge on any atom is 0.115 e. The summed E-state index contributed by atoms with van der Waals surface area (Å²) in [5.41, 5.74) is 13.7. The lowest BCUT2D eigenvalue weighted by Gasteiger charge is -2.21. The van der Waals surface area contributed by atoms with Crippen LogP contribution in [-0.2, 0) is 12.8 Å². The van der Waals surface area contributed by atoms with E-state index in [1.807, 2.05) is 6.92 Å². The van der Waals surface area contributed by atoms with Crippen LogP contribution in [0.2, 0.25) is 0 Å². The Hall–Kier alpha value is -4.58. The van der Waals surface area contributed by atoms with Gasteiger partial charge in [0.15, 0.2) is 0 Å². The standard InChI is InChI=1S/C32H26N6/c1-16(2)32-37-26-11-10-22-21-7-4-18(14-20(21)6-9-23(22)27(26)38-32)19-5-8-24-25(15-19)28-30(34-13-12-33-28)31-29(24)35-17(3)36-31/h4-5,7-8,10-16H,6,9H2,1-3H3,(H,35,36)(H,37,38). The van der Waals surface area contributed by atoms with E-state index in [2.05, 4.69) is 77.3 Å². The summed E-state index contributed by atoms with van der Waals surface area (Å²) in [6, 6.07) is 18.0. The normalized spacial score (nSPS) is 13.2. The highest BCUT2D eigenvalue weighted by Gasteiger charge is 2.21. The van der Waals surface area contributed by atoms with E-state index < -0.39 is 0 Å². The molecule has 0 saturated carbocycles. The number of imidazole rings is 2. The number of nitrogens with zero attached hydrogens (tertiary/aromatic N) is 4. The Labute approximate surface area is 219 Å². The first kappa shape index (κ1) is 21.5. The van der Waals surface area contributed by atoms with E-state index in [0.29, 0.717) is 5.92 Å². The monoisotopic (exact) mass is 494 g/mol. The van der Waals surface area contributed by atoms with Crippen LogP contribution in [0, 0.1) is 6.92 Å². The Morgan fingerprint density at radius 2 is 1.50 bits per heavy atom. The molecular formula is C32H26N6. The lowest BCUT2D eigenvalue weighted by atomic mass is 9.83. The third-order valence-electron chi connectivity index (χ3n) is 7.98. The predicted octanol–water partition coefficient (Wildman–Crippen LogP) is 7.40.